The maximum Gasteiger partial charge on any atom is 0.134 e. The minimum Gasteiger partial charge on any atom is -0.381 e. The molecule has 1 N–H and O–H groups in total. The Labute approximate surface area is 118 Å². The van der Waals surface area contributed by atoms with E-state index in [1.165, 1.54) is 0 Å². The summed E-state index contributed by atoms with van der Waals surface area (Å²) in [5, 5.41) is 3.68. The lowest BCUT2D eigenvalue weighted by molar-refractivity contribution is 0.0897. The molecule has 0 aliphatic carbocycles. The summed E-state index contributed by atoms with van der Waals surface area (Å²) in [5.74, 6) is 2.02. The van der Waals surface area contributed by atoms with Crippen LogP contribution in [0.5, 0.6) is 0 Å². The van der Waals surface area contributed by atoms with Crippen LogP contribution in [0.3, 0.4) is 0 Å². The Morgan fingerprint density at radius 2 is 2.42 bits per heavy atom. The van der Waals surface area contributed by atoms with Gasteiger partial charge in [0.25, 0.3) is 0 Å². The summed E-state index contributed by atoms with van der Waals surface area (Å²) in [6, 6.07) is 1.73. The van der Waals surface area contributed by atoms with Gasteiger partial charge in [0.2, 0.25) is 0 Å². The van der Waals surface area contributed by atoms with Crippen molar-refractivity contribution in [1.29, 1.82) is 0 Å². The summed E-state index contributed by atoms with van der Waals surface area (Å²) in [6.45, 7) is 5.91. The van der Waals surface area contributed by atoms with Gasteiger partial charge in [-0.3, -0.25) is 0 Å². The molecule has 106 valence electrons. The second-order valence-electron chi connectivity index (χ2n) is 4.71. The van der Waals surface area contributed by atoms with E-state index in [0.717, 1.165) is 51.6 Å². The highest BCUT2D eigenvalue weighted by molar-refractivity contribution is 6.29. The molecule has 0 saturated carbocycles. The zero-order chi connectivity index (χ0) is 13.5. The number of hydrogen-bond acceptors (Lipinski definition) is 5. The van der Waals surface area contributed by atoms with Gasteiger partial charge in [0.15, 0.2) is 0 Å². The normalized spacial score (nSPS) is 18.7. The number of rotatable bonds is 7. The molecular weight excluding hydrogens is 266 g/mol. The SMILES string of the molecule is Cc1nc(Cl)cc(NCCCOCC2CCOC2)n1. The minimum absolute atomic E-state index is 0.465. The number of nitrogens with one attached hydrogen (secondary N) is 1. The second kappa shape index (κ2) is 7.62. The third-order valence-corrected chi connectivity index (χ3v) is 3.15. The number of nitrogens with zero attached hydrogens (tertiary/aromatic N) is 2. The summed E-state index contributed by atoms with van der Waals surface area (Å²) in [7, 11) is 0. The largest absolute Gasteiger partial charge is 0.381 e. The fourth-order valence-corrected chi connectivity index (χ4v) is 2.20. The van der Waals surface area contributed by atoms with Crippen LogP contribution in [0, 0.1) is 12.8 Å². The maximum atomic E-state index is 5.86. The van der Waals surface area contributed by atoms with Gasteiger partial charge in [-0.15, -0.1) is 0 Å². The minimum atomic E-state index is 0.465. The Kier molecular flexibility index (Phi) is 5.82. The van der Waals surface area contributed by atoms with E-state index in [4.69, 9.17) is 21.1 Å². The van der Waals surface area contributed by atoms with Gasteiger partial charge in [0, 0.05) is 31.7 Å². The fraction of sp³-hybridized carbons (Fsp3) is 0.692. The number of hydrogen-bond donors (Lipinski definition) is 1. The van der Waals surface area contributed by atoms with E-state index in [1.54, 1.807) is 6.07 Å². The topological polar surface area (TPSA) is 56.3 Å². The van der Waals surface area contributed by atoms with Crippen LogP contribution in [-0.4, -0.2) is 42.9 Å². The third kappa shape index (κ3) is 5.30. The predicted molar refractivity (Wildman–Crippen MR) is 74.6 cm³/mol. The Morgan fingerprint density at radius 1 is 1.53 bits per heavy atom. The Morgan fingerprint density at radius 3 is 3.16 bits per heavy atom. The van der Waals surface area contributed by atoms with Crippen molar-refractivity contribution in [2.24, 2.45) is 5.92 Å². The van der Waals surface area contributed by atoms with Crippen LogP contribution >= 0.6 is 11.6 Å². The fourth-order valence-electron chi connectivity index (χ4n) is 1.98. The lowest BCUT2D eigenvalue weighted by Crippen LogP contribution is -2.12. The van der Waals surface area contributed by atoms with Crippen molar-refractivity contribution in [3.8, 4) is 0 Å². The zero-order valence-corrected chi connectivity index (χ0v) is 11.9. The number of anilines is 1. The van der Waals surface area contributed by atoms with Gasteiger partial charge in [-0.1, -0.05) is 11.6 Å². The van der Waals surface area contributed by atoms with Crippen molar-refractivity contribution in [3.05, 3.63) is 17.0 Å². The molecule has 2 heterocycles. The van der Waals surface area contributed by atoms with E-state index in [2.05, 4.69) is 15.3 Å². The van der Waals surface area contributed by atoms with E-state index >= 15 is 0 Å². The standard InChI is InChI=1S/C13H20ClN3O2/c1-10-16-12(14)7-13(17-10)15-4-2-5-18-8-11-3-6-19-9-11/h7,11H,2-6,8-9H2,1H3,(H,15,16,17). The van der Waals surface area contributed by atoms with E-state index in [9.17, 15) is 0 Å². The lowest BCUT2D eigenvalue weighted by atomic mass is 10.1. The molecule has 0 radical (unpaired) electrons. The number of aromatic nitrogens is 2. The molecule has 1 aromatic heterocycles. The van der Waals surface area contributed by atoms with Gasteiger partial charge < -0.3 is 14.8 Å². The molecule has 6 heteroatoms. The van der Waals surface area contributed by atoms with Crippen molar-refractivity contribution in [2.75, 3.05) is 38.3 Å². The van der Waals surface area contributed by atoms with Gasteiger partial charge in [0.1, 0.15) is 16.8 Å². The predicted octanol–water partition coefficient (Wildman–Crippen LogP) is 2.29. The molecule has 1 aromatic rings. The summed E-state index contributed by atoms with van der Waals surface area (Å²) >= 11 is 5.86. The molecule has 5 nitrogen and oxygen atoms in total. The van der Waals surface area contributed by atoms with E-state index in [1.807, 2.05) is 6.92 Å². The first-order valence-corrected chi connectivity index (χ1v) is 7.02. The summed E-state index contributed by atoms with van der Waals surface area (Å²) < 4.78 is 10.9. The van der Waals surface area contributed by atoms with Crippen LogP contribution in [0.15, 0.2) is 6.07 Å². The molecule has 1 fully saturated rings. The van der Waals surface area contributed by atoms with E-state index in [-0.39, 0.29) is 0 Å². The number of halogens is 1. The average Bonchev–Trinajstić information content (AvgIpc) is 2.85. The first-order chi connectivity index (χ1) is 9.24. The highest BCUT2D eigenvalue weighted by atomic mass is 35.5. The van der Waals surface area contributed by atoms with Gasteiger partial charge >= 0.3 is 0 Å². The molecule has 0 spiro atoms. The lowest BCUT2D eigenvalue weighted by Gasteiger charge is -2.09. The second-order valence-corrected chi connectivity index (χ2v) is 5.10. The van der Waals surface area contributed by atoms with E-state index in [0.29, 0.717) is 16.9 Å². The van der Waals surface area contributed by atoms with Crippen LogP contribution < -0.4 is 5.32 Å². The Bertz CT molecular complexity index is 377. The number of ether oxygens (including phenoxy) is 2. The molecule has 1 atom stereocenters. The summed E-state index contributed by atoms with van der Waals surface area (Å²) in [5.41, 5.74) is 0. The highest BCUT2D eigenvalue weighted by Crippen LogP contribution is 2.13. The van der Waals surface area contributed by atoms with Crippen molar-refractivity contribution in [1.82, 2.24) is 9.97 Å². The summed E-state index contributed by atoms with van der Waals surface area (Å²) in [4.78, 5) is 8.26. The molecule has 19 heavy (non-hydrogen) atoms. The van der Waals surface area contributed by atoms with Crippen molar-refractivity contribution in [3.63, 3.8) is 0 Å². The third-order valence-electron chi connectivity index (χ3n) is 2.96. The molecular formula is C13H20ClN3O2. The van der Waals surface area contributed by atoms with Crippen LogP contribution in [0.4, 0.5) is 5.82 Å². The molecule has 0 bridgehead atoms. The van der Waals surface area contributed by atoms with Crippen LogP contribution in [-0.2, 0) is 9.47 Å². The monoisotopic (exact) mass is 285 g/mol. The van der Waals surface area contributed by atoms with Gasteiger partial charge in [-0.05, 0) is 19.8 Å². The van der Waals surface area contributed by atoms with Gasteiger partial charge in [0.05, 0.1) is 13.2 Å². The van der Waals surface area contributed by atoms with Gasteiger partial charge in [-0.2, -0.15) is 0 Å². The van der Waals surface area contributed by atoms with Gasteiger partial charge in [-0.25, -0.2) is 9.97 Å². The molecule has 1 aliphatic rings. The maximum absolute atomic E-state index is 5.86. The summed E-state index contributed by atoms with van der Waals surface area (Å²) in [6.07, 6.45) is 2.06. The quantitative estimate of drug-likeness (QED) is 0.615. The molecule has 1 aliphatic heterocycles. The van der Waals surface area contributed by atoms with Crippen molar-refractivity contribution >= 4 is 17.4 Å². The molecule has 2 rings (SSSR count). The van der Waals surface area contributed by atoms with Crippen molar-refractivity contribution < 1.29 is 9.47 Å². The van der Waals surface area contributed by atoms with Crippen LogP contribution in [0.1, 0.15) is 18.7 Å². The van der Waals surface area contributed by atoms with Crippen molar-refractivity contribution in [2.45, 2.75) is 19.8 Å². The molecule has 1 saturated heterocycles. The zero-order valence-electron chi connectivity index (χ0n) is 11.2. The van der Waals surface area contributed by atoms with Crippen LogP contribution in [0.25, 0.3) is 0 Å². The Balaban J connectivity index is 1.56. The molecule has 0 amide bonds. The van der Waals surface area contributed by atoms with E-state index < -0.39 is 0 Å². The molecule has 1 unspecified atom stereocenters. The smallest absolute Gasteiger partial charge is 0.134 e. The number of aryl methyl sites for hydroxylation is 1. The highest BCUT2D eigenvalue weighted by Gasteiger charge is 2.15. The molecule has 0 aromatic carbocycles. The average molecular weight is 286 g/mol. The van der Waals surface area contributed by atoms with Crippen LogP contribution in [0.2, 0.25) is 5.15 Å². The Hall–Kier alpha value is -0.910. The first kappa shape index (κ1) is 14.5. The first-order valence-electron chi connectivity index (χ1n) is 6.64.